The fourth-order valence-corrected chi connectivity index (χ4v) is 5.26. The molecular weight excluding hydrogens is 412 g/mol. The number of nitrogens with one attached hydrogen (secondary N) is 1. The monoisotopic (exact) mass is 440 g/mol. The number of benzene rings is 1. The van der Waals surface area contributed by atoms with Crippen LogP contribution in [0.25, 0.3) is 10.9 Å². The smallest absolute Gasteiger partial charge is 0.287 e. The van der Waals surface area contributed by atoms with Crippen molar-refractivity contribution in [2.75, 3.05) is 25.1 Å². The molecule has 1 atom stereocenters. The molecule has 6 nitrogen and oxygen atoms in total. The normalized spacial score (nSPS) is 24.4. The number of para-hydroxylation sites is 1. The van der Waals surface area contributed by atoms with Gasteiger partial charge in [0, 0.05) is 30.9 Å². The molecule has 1 saturated heterocycles. The van der Waals surface area contributed by atoms with Gasteiger partial charge in [-0.3, -0.25) is 4.79 Å². The van der Waals surface area contributed by atoms with E-state index in [2.05, 4.69) is 51.5 Å². The quantitative estimate of drug-likeness (QED) is 0.603. The Morgan fingerprint density at radius 3 is 2.71 bits per heavy atom. The number of halogens is 1. The van der Waals surface area contributed by atoms with Gasteiger partial charge in [0.15, 0.2) is 0 Å². The van der Waals surface area contributed by atoms with Crippen LogP contribution in [0.15, 0.2) is 47.5 Å². The number of nitrogens with zero attached hydrogens (tertiary/aromatic N) is 3. The number of hydrogen-bond donors (Lipinski definition) is 1. The third kappa shape index (κ3) is 4.23. The summed E-state index contributed by atoms with van der Waals surface area (Å²) in [6.45, 7) is 2.35. The van der Waals surface area contributed by atoms with Gasteiger partial charge < -0.3 is 14.6 Å². The molecule has 164 valence electrons. The second kappa shape index (κ2) is 9.05. The summed E-state index contributed by atoms with van der Waals surface area (Å²) in [5.41, 5.74) is 1.71. The SMILES string of the molecule is O=c1c(Cl)c(NC[C@H]2CCCOC2)cnn1[C@H]1CC[C@@H](n2ccc3ccccc32)CC1. The average Bonchev–Trinajstić information content (AvgIpc) is 3.25. The zero-order valence-electron chi connectivity index (χ0n) is 17.7. The Morgan fingerprint density at radius 1 is 1.10 bits per heavy atom. The van der Waals surface area contributed by atoms with E-state index in [4.69, 9.17) is 16.3 Å². The van der Waals surface area contributed by atoms with E-state index in [9.17, 15) is 4.79 Å². The van der Waals surface area contributed by atoms with Crippen LogP contribution in [-0.2, 0) is 4.74 Å². The molecule has 3 heterocycles. The van der Waals surface area contributed by atoms with Crippen LogP contribution in [0.5, 0.6) is 0 Å². The van der Waals surface area contributed by atoms with E-state index >= 15 is 0 Å². The standard InChI is InChI=1S/C24H29ClN4O2/c25-23-21(26-14-17-4-3-13-31-16-17)15-27-29(24(23)30)20-9-7-19(8-10-20)28-12-11-18-5-1-2-6-22(18)28/h1-2,5-6,11-12,15,17,19-20,26H,3-4,7-10,13-14,16H2/t17-,19-,20+/m1/s1. The van der Waals surface area contributed by atoms with Gasteiger partial charge in [-0.25, -0.2) is 4.68 Å². The molecule has 2 fully saturated rings. The van der Waals surface area contributed by atoms with Gasteiger partial charge in [0.05, 0.1) is 24.5 Å². The summed E-state index contributed by atoms with van der Waals surface area (Å²) in [5.74, 6) is 0.451. The predicted molar refractivity (Wildman–Crippen MR) is 124 cm³/mol. The molecule has 1 aliphatic heterocycles. The minimum atomic E-state index is -0.193. The van der Waals surface area contributed by atoms with Crippen molar-refractivity contribution in [3.8, 4) is 0 Å². The first-order valence-corrected chi connectivity index (χ1v) is 11.7. The Labute approximate surface area is 187 Å². The van der Waals surface area contributed by atoms with Crippen LogP contribution in [0.4, 0.5) is 5.69 Å². The van der Waals surface area contributed by atoms with Crippen LogP contribution >= 0.6 is 11.6 Å². The van der Waals surface area contributed by atoms with Gasteiger partial charge in [-0.2, -0.15) is 5.10 Å². The molecule has 0 spiro atoms. The third-order valence-corrected chi connectivity index (χ3v) is 7.18. The lowest BCUT2D eigenvalue weighted by Gasteiger charge is -2.30. The molecule has 3 aromatic rings. The molecule has 1 aliphatic carbocycles. The van der Waals surface area contributed by atoms with Crippen molar-refractivity contribution in [2.24, 2.45) is 5.92 Å². The van der Waals surface area contributed by atoms with Crippen LogP contribution in [0, 0.1) is 5.92 Å². The maximum atomic E-state index is 12.9. The number of rotatable bonds is 5. The summed E-state index contributed by atoms with van der Waals surface area (Å²) in [5, 5.41) is 9.30. The molecule has 1 saturated carbocycles. The number of hydrogen-bond acceptors (Lipinski definition) is 4. The second-order valence-corrected chi connectivity index (χ2v) is 9.21. The molecule has 2 aromatic heterocycles. The first kappa shape index (κ1) is 20.6. The molecule has 1 N–H and O–H groups in total. The van der Waals surface area contributed by atoms with Crippen molar-refractivity contribution in [1.82, 2.24) is 14.3 Å². The lowest BCUT2D eigenvalue weighted by Crippen LogP contribution is -2.32. The molecule has 7 heteroatoms. The predicted octanol–water partition coefficient (Wildman–Crippen LogP) is 5.05. The zero-order chi connectivity index (χ0) is 21.2. The Hall–Kier alpha value is -2.31. The molecule has 31 heavy (non-hydrogen) atoms. The maximum Gasteiger partial charge on any atom is 0.287 e. The van der Waals surface area contributed by atoms with Crippen LogP contribution in [-0.4, -0.2) is 34.1 Å². The summed E-state index contributed by atoms with van der Waals surface area (Å²) in [4.78, 5) is 12.9. The molecule has 1 aromatic carbocycles. The van der Waals surface area contributed by atoms with Crippen LogP contribution in [0.3, 0.4) is 0 Å². The van der Waals surface area contributed by atoms with Crippen molar-refractivity contribution in [3.63, 3.8) is 0 Å². The van der Waals surface area contributed by atoms with Gasteiger partial charge in [-0.1, -0.05) is 29.8 Å². The lowest BCUT2D eigenvalue weighted by molar-refractivity contribution is 0.0595. The van der Waals surface area contributed by atoms with E-state index in [1.54, 1.807) is 10.9 Å². The molecule has 0 radical (unpaired) electrons. The largest absolute Gasteiger partial charge is 0.382 e. The molecule has 2 aliphatic rings. The second-order valence-electron chi connectivity index (χ2n) is 8.83. The fraction of sp³-hybridized carbons (Fsp3) is 0.500. The summed E-state index contributed by atoms with van der Waals surface area (Å²) < 4.78 is 9.51. The Kier molecular flexibility index (Phi) is 6.01. The van der Waals surface area contributed by atoms with Gasteiger partial charge >= 0.3 is 0 Å². The first-order chi connectivity index (χ1) is 15.2. The van der Waals surface area contributed by atoms with Crippen LogP contribution in [0.1, 0.15) is 50.6 Å². The van der Waals surface area contributed by atoms with Gasteiger partial charge in [-0.05, 0) is 62.0 Å². The zero-order valence-corrected chi connectivity index (χ0v) is 18.4. The third-order valence-electron chi connectivity index (χ3n) is 6.81. The molecule has 0 unspecified atom stereocenters. The maximum absolute atomic E-state index is 12.9. The van der Waals surface area contributed by atoms with Crippen LogP contribution < -0.4 is 10.9 Å². The molecule has 0 bridgehead atoms. The number of aromatic nitrogens is 3. The summed E-state index contributed by atoms with van der Waals surface area (Å²) >= 11 is 6.44. The highest BCUT2D eigenvalue weighted by Gasteiger charge is 2.26. The molecule has 0 amide bonds. The fourth-order valence-electron chi connectivity index (χ4n) is 5.05. The number of ether oxygens (including phenoxy) is 1. The van der Waals surface area contributed by atoms with Gasteiger partial charge in [-0.15, -0.1) is 0 Å². The van der Waals surface area contributed by atoms with Gasteiger partial charge in [0.25, 0.3) is 5.56 Å². The van der Waals surface area contributed by atoms with E-state index in [1.165, 1.54) is 10.9 Å². The van der Waals surface area contributed by atoms with Crippen molar-refractivity contribution >= 4 is 28.2 Å². The summed E-state index contributed by atoms with van der Waals surface area (Å²) in [6.07, 6.45) is 10.0. The Bertz CT molecular complexity index is 1090. The van der Waals surface area contributed by atoms with E-state index in [1.807, 2.05) is 0 Å². The highest BCUT2D eigenvalue weighted by atomic mass is 35.5. The molecular formula is C24H29ClN4O2. The van der Waals surface area contributed by atoms with E-state index in [0.717, 1.165) is 58.3 Å². The summed E-state index contributed by atoms with van der Waals surface area (Å²) in [6, 6.07) is 11.2. The highest BCUT2D eigenvalue weighted by Crippen LogP contribution is 2.36. The van der Waals surface area contributed by atoms with Crippen molar-refractivity contribution < 1.29 is 4.74 Å². The van der Waals surface area contributed by atoms with Gasteiger partial charge in [0.2, 0.25) is 0 Å². The van der Waals surface area contributed by atoms with E-state index < -0.39 is 0 Å². The minimum absolute atomic E-state index is 0.101. The lowest BCUT2D eigenvalue weighted by atomic mass is 9.91. The van der Waals surface area contributed by atoms with Gasteiger partial charge in [0.1, 0.15) is 5.02 Å². The average molecular weight is 441 g/mol. The summed E-state index contributed by atoms with van der Waals surface area (Å²) in [7, 11) is 0. The number of fused-ring (bicyclic) bond motifs is 1. The number of anilines is 1. The Balaban J connectivity index is 1.25. The minimum Gasteiger partial charge on any atom is -0.382 e. The van der Waals surface area contributed by atoms with E-state index in [-0.39, 0.29) is 16.6 Å². The molecule has 5 rings (SSSR count). The Morgan fingerprint density at radius 2 is 1.90 bits per heavy atom. The van der Waals surface area contributed by atoms with Crippen molar-refractivity contribution in [1.29, 1.82) is 0 Å². The first-order valence-electron chi connectivity index (χ1n) is 11.3. The van der Waals surface area contributed by atoms with Crippen molar-refractivity contribution in [2.45, 2.75) is 50.6 Å². The topological polar surface area (TPSA) is 61.1 Å². The van der Waals surface area contributed by atoms with Crippen LogP contribution in [0.2, 0.25) is 5.02 Å². The highest BCUT2D eigenvalue weighted by molar-refractivity contribution is 6.32. The van der Waals surface area contributed by atoms with Crippen molar-refractivity contribution in [3.05, 3.63) is 58.1 Å². The van der Waals surface area contributed by atoms with E-state index in [0.29, 0.717) is 17.6 Å².